The molecule has 1 aromatic carbocycles. The molecule has 0 atom stereocenters. The first-order valence-electron chi connectivity index (χ1n) is 7.89. The van der Waals surface area contributed by atoms with Crippen molar-refractivity contribution in [2.75, 3.05) is 13.2 Å². The van der Waals surface area contributed by atoms with Gasteiger partial charge in [-0.05, 0) is 36.1 Å². The normalized spacial score (nSPS) is 10.5. The number of rotatable bonds is 7. The van der Waals surface area contributed by atoms with Crippen molar-refractivity contribution in [2.45, 2.75) is 6.42 Å². The minimum absolute atomic E-state index is 0.182. The van der Waals surface area contributed by atoms with Crippen molar-refractivity contribution in [3.63, 3.8) is 0 Å². The quantitative estimate of drug-likeness (QED) is 0.607. The van der Waals surface area contributed by atoms with Crippen LogP contribution in [0.15, 0.2) is 47.8 Å². The van der Waals surface area contributed by atoms with Crippen molar-refractivity contribution >= 4 is 34.8 Å². The molecule has 0 bridgehead atoms. The molecule has 0 radical (unpaired) electrons. The summed E-state index contributed by atoms with van der Waals surface area (Å²) in [7, 11) is 0. The number of nitrogens with one attached hydrogen (secondary N) is 2. The van der Waals surface area contributed by atoms with Crippen molar-refractivity contribution in [3.05, 3.63) is 63.4 Å². The number of esters is 1. The molecular weight excluding hydrogens is 374 g/mol. The van der Waals surface area contributed by atoms with Crippen molar-refractivity contribution in [3.8, 4) is 11.3 Å². The molecule has 0 fully saturated rings. The zero-order chi connectivity index (χ0) is 18.4. The van der Waals surface area contributed by atoms with Gasteiger partial charge in [-0.25, -0.2) is 4.79 Å². The summed E-state index contributed by atoms with van der Waals surface area (Å²) in [5, 5.41) is 12.0. The molecule has 0 saturated heterocycles. The first kappa shape index (κ1) is 18.2. The van der Waals surface area contributed by atoms with Crippen LogP contribution >= 0.6 is 22.9 Å². The number of hydrogen-bond acceptors (Lipinski definition) is 5. The topological polar surface area (TPSA) is 84.1 Å². The van der Waals surface area contributed by atoms with Gasteiger partial charge in [0.1, 0.15) is 5.69 Å². The number of aromatic amines is 1. The van der Waals surface area contributed by atoms with Gasteiger partial charge in [0.2, 0.25) is 0 Å². The monoisotopic (exact) mass is 389 g/mol. The predicted molar refractivity (Wildman–Crippen MR) is 100 cm³/mol. The number of aromatic nitrogens is 2. The molecule has 3 aromatic rings. The fraction of sp³-hybridized carbons (Fsp3) is 0.167. The first-order chi connectivity index (χ1) is 12.6. The van der Waals surface area contributed by atoms with E-state index in [1.807, 2.05) is 17.5 Å². The third-order valence-electron chi connectivity index (χ3n) is 3.55. The van der Waals surface area contributed by atoms with E-state index >= 15 is 0 Å². The van der Waals surface area contributed by atoms with Gasteiger partial charge >= 0.3 is 5.97 Å². The van der Waals surface area contributed by atoms with Gasteiger partial charge < -0.3 is 10.1 Å². The lowest BCUT2D eigenvalue weighted by Crippen LogP contribution is -2.30. The second-order valence-corrected chi connectivity index (χ2v) is 6.90. The third-order valence-corrected chi connectivity index (χ3v) is 4.73. The Bertz CT molecular complexity index is 875. The number of nitrogens with zero attached hydrogens (tertiary/aromatic N) is 1. The SMILES string of the molecule is O=C(COC(=O)c1cc(-c2ccc(Cl)cc2)n[nH]1)NCCc1cccs1. The van der Waals surface area contributed by atoms with Crippen LogP contribution in [0.1, 0.15) is 15.4 Å². The van der Waals surface area contributed by atoms with E-state index < -0.39 is 5.97 Å². The van der Waals surface area contributed by atoms with Crippen molar-refractivity contribution in [1.82, 2.24) is 15.5 Å². The zero-order valence-corrected chi connectivity index (χ0v) is 15.3. The number of thiophene rings is 1. The summed E-state index contributed by atoms with van der Waals surface area (Å²) in [6.07, 6.45) is 0.752. The number of ether oxygens (including phenoxy) is 1. The van der Waals surface area contributed by atoms with Crippen LogP contribution in [0.3, 0.4) is 0 Å². The van der Waals surface area contributed by atoms with E-state index in [0.717, 1.165) is 12.0 Å². The number of halogens is 1. The van der Waals surface area contributed by atoms with Gasteiger partial charge in [-0.3, -0.25) is 9.89 Å². The van der Waals surface area contributed by atoms with Crippen LogP contribution in [0.5, 0.6) is 0 Å². The van der Waals surface area contributed by atoms with Crippen LogP contribution in [0.25, 0.3) is 11.3 Å². The molecule has 2 aromatic heterocycles. The first-order valence-corrected chi connectivity index (χ1v) is 9.15. The number of benzene rings is 1. The Morgan fingerprint density at radius 1 is 1.23 bits per heavy atom. The van der Waals surface area contributed by atoms with Gasteiger partial charge in [-0.2, -0.15) is 5.10 Å². The highest BCUT2D eigenvalue weighted by Gasteiger charge is 2.14. The number of carbonyl (C=O) groups excluding carboxylic acids is 2. The van der Waals surface area contributed by atoms with E-state index in [1.165, 1.54) is 4.88 Å². The number of hydrogen-bond donors (Lipinski definition) is 2. The van der Waals surface area contributed by atoms with Crippen LogP contribution in [0.2, 0.25) is 5.02 Å². The van der Waals surface area contributed by atoms with E-state index in [-0.39, 0.29) is 18.2 Å². The predicted octanol–water partition coefficient (Wildman–Crippen LogP) is 3.31. The van der Waals surface area contributed by atoms with Crippen molar-refractivity contribution in [2.24, 2.45) is 0 Å². The summed E-state index contributed by atoms with van der Waals surface area (Å²) in [6, 6.07) is 12.6. The second-order valence-electron chi connectivity index (χ2n) is 5.43. The highest BCUT2D eigenvalue weighted by atomic mass is 35.5. The van der Waals surface area contributed by atoms with E-state index in [2.05, 4.69) is 15.5 Å². The molecule has 0 saturated carbocycles. The summed E-state index contributed by atoms with van der Waals surface area (Å²) < 4.78 is 5.01. The summed E-state index contributed by atoms with van der Waals surface area (Å²) in [5.74, 6) is -0.974. The van der Waals surface area contributed by atoms with Gasteiger partial charge in [0, 0.05) is 22.0 Å². The second kappa shape index (κ2) is 8.64. The Morgan fingerprint density at radius 2 is 2.04 bits per heavy atom. The molecule has 0 spiro atoms. The summed E-state index contributed by atoms with van der Waals surface area (Å²) in [4.78, 5) is 24.9. The van der Waals surface area contributed by atoms with E-state index in [1.54, 1.807) is 41.7 Å². The zero-order valence-electron chi connectivity index (χ0n) is 13.7. The molecule has 6 nitrogen and oxygen atoms in total. The highest BCUT2D eigenvalue weighted by molar-refractivity contribution is 7.09. The maximum atomic E-state index is 12.0. The molecule has 0 aliphatic carbocycles. The average molecular weight is 390 g/mol. The summed E-state index contributed by atoms with van der Waals surface area (Å²) in [5.41, 5.74) is 1.59. The van der Waals surface area contributed by atoms with Crippen LogP contribution in [-0.4, -0.2) is 35.2 Å². The summed E-state index contributed by atoms with van der Waals surface area (Å²) >= 11 is 7.49. The molecule has 0 aliphatic heterocycles. The fourth-order valence-corrected chi connectivity index (χ4v) is 3.07. The van der Waals surface area contributed by atoms with Crippen LogP contribution in [0, 0.1) is 0 Å². The largest absolute Gasteiger partial charge is 0.451 e. The maximum absolute atomic E-state index is 12.0. The Kier molecular flexibility index (Phi) is 6.04. The van der Waals surface area contributed by atoms with Crippen LogP contribution in [0.4, 0.5) is 0 Å². The van der Waals surface area contributed by atoms with Gasteiger partial charge in [-0.1, -0.05) is 29.8 Å². The van der Waals surface area contributed by atoms with Crippen molar-refractivity contribution in [1.29, 1.82) is 0 Å². The number of carbonyl (C=O) groups is 2. The molecule has 3 rings (SSSR count). The molecule has 2 heterocycles. The lowest BCUT2D eigenvalue weighted by molar-refractivity contribution is -0.124. The molecular formula is C18H16ClN3O3S. The van der Waals surface area contributed by atoms with Gasteiger partial charge in [0.05, 0.1) is 5.69 Å². The average Bonchev–Trinajstić information content (AvgIpc) is 3.32. The van der Waals surface area contributed by atoms with E-state index in [9.17, 15) is 9.59 Å². The lowest BCUT2D eigenvalue weighted by Gasteiger charge is -2.05. The maximum Gasteiger partial charge on any atom is 0.356 e. The Balaban J connectivity index is 1.46. The Hall–Kier alpha value is -2.64. The lowest BCUT2D eigenvalue weighted by atomic mass is 10.1. The molecule has 2 N–H and O–H groups in total. The van der Waals surface area contributed by atoms with Crippen LogP contribution in [-0.2, 0) is 16.0 Å². The van der Waals surface area contributed by atoms with Crippen LogP contribution < -0.4 is 5.32 Å². The third kappa shape index (κ3) is 4.93. The molecule has 8 heteroatoms. The van der Waals surface area contributed by atoms with E-state index in [0.29, 0.717) is 17.3 Å². The number of amides is 1. The highest BCUT2D eigenvalue weighted by Crippen LogP contribution is 2.20. The number of H-pyrrole nitrogens is 1. The van der Waals surface area contributed by atoms with Crippen molar-refractivity contribution < 1.29 is 14.3 Å². The summed E-state index contributed by atoms with van der Waals surface area (Å²) in [6.45, 7) is 0.167. The van der Waals surface area contributed by atoms with Gasteiger partial charge in [0.25, 0.3) is 5.91 Å². The smallest absolute Gasteiger partial charge is 0.356 e. The van der Waals surface area contributed by atoms with E-state index in [4.69, 9.17) is 16.3 Å². The Labute approximate surface area is 159 Å². The minimum Gasteiger partial charge on any atom is -0.451 e. The van der Waals surface area contributed by atoms with Gasteiger partial charge in [-0.15, -0.1) is 11.3 Å². The fourth-order valence-electron chi connectivity index (χ4n) is 2.23. The van der Waals surface area contributed by atoms with Gasteiger partial charge in [0.15, 0.2) is 6.61 Å². The molecule has 26 heavy (non-hydrogen) atoms. The molecule has 0 unspecified atom stereocenters. The minimum atomic E-state index is -0.633. The standard InChI is InChI=1S/C18H16ClN3O3S/c19-13-5-3-12(4-6-13)15-10-16(22-21-15)18(24)25-11-17(23)20-8-7-14-2-1-9-26-14/h1-6,9-10H,7-8,11H2,(H,20,23)(H,21,22). The molecule has 0 aliphatic rings. The Morgan fingerprint density at radius 3 is 2.77 bits per heavy atom. The molecule has 1 amide bonds. The molecule has 134 valence electrons.